The molecule has 4 heterocycles. The van der Waals surface area contributed by atoms with Crippen molar-refractivity contribution < 1.29 is 4.79 Å². The standard InChI is InChI=1S/C23H32N6O/c1-18-25-13-19(14-26-18)16-28-11-7-22(8-12-28)29-10-4-5-20(17-29)23(30)27-15-21-6-2-3-9-24-21/h2-3,6,9,13-14,20,22H,4-5,7-8,10-12,15-17H2,1H3,(H,27,30)/t20-/m0/s1. The molecule has 2 aliphatic rings. The second-order valence-electron chi connectivity index (χ2n) is 8.52. The average Bonchev–Trinajstić information content (AvgIpc) is 2.80. The van der Waals surface area contributed by atoms with E-state index in [9.17, 15) is 4.79 Å². The van der Waals surface area contributed by atoms with Crippen LogP contribution in [0.2, 0.25) is 0 Å². The van der Waals surface area contributed by atoms with Gasteiger partial charge in [-0.15, -0.1) is 0 Å². The number of aryl methyl sites for hydroxylation is 1. The van der Waals surface area contributed by atoms with Crippen LogP contribution in [0.15, 0.2) is 36.8 Å². The second-order valence-corrected chi connectivity index (χ2v) is 8.52. The van der Waals surface area contributed by atoms with Crippen molar-refractivity contribution in [3.63, 3.8) is 0 Å². The van der Waals surface area contributed by atoms with Crippen molar-refractivity contribution in [3.8, 4) is 0 Å². The summed E-state index contributed by atoms with van der Waals surface area (Å²) in [4.78, 5) is 30.6. The molecule has 0 radical (unpaired) electrons. The fourth-order valence-electron chi connectivity index (χ4n) is 4.58. The van der Waals surface area contributed by atoms with Gasteiger partial charge in [0, 0.05) is 43.3 Å². The number of nitrogens with one attached hydrogen (secondary N) is 1. The minimum atomic E-state index is 0.0881. The molecule has 1 N–H and O–H groups in total. The zero-order chi connectivity index (χ0) is 20.8. The number of likely N-dealkylation sites (tertiary alicyclic amines) is 2. The summed E-state index contributed by atoms with van der Waals surface area (Å²) in [6.07, 6.45) is 10.0. The van der Waals surface area contributed by atoms with Crippen LogP contribution in [0.5, 0.6) is 0 Å². The van der Waals surface area contributed by atoms with Crippen LogP contribution in [0.4, 0.5) is 0 Å². The maximum atomic E-state index is 12.7. The van der Waals surface area contributed by atoms with Crippen LogP contribution in [-0.2, 0) is 17.9 Å². The van der Waals surface area contributed by atoms with Gasteiger partial charge in [-0.3, -0.25) is 19.6 Å². The van der Waals surface area contributed by atoms with E-state index in [0.29, 0.717) is 12.6 Å². The third-order valence-electron chi connectivity index (χ3n) is 6.31. The molecule has 2 saturated heterocycles. The van der Waals surface area contributed by atoms with Crippen molar-refractivity contribution >= 4 is 5.91 Å². The average molecular weight is 409 g/mol. The van der Waals surface area contributed by atoms with E-state index in [1.807, 2.05) is 37.5 Å². The fraction of sp³-hybridized carbons (Fsp3) is 0.565. The van der Waals surface area contributed by atoms with E-state index in [0.717, 1.165) is 69.9 Å². The lowest BCUT2D eigenvalue weighted by Gasteiger charge is -2.42. The van der Waals surface area contributed by atoms with Gasteiger partial charge >= 0.3 is 0 Å². The lowest BCUT2D eigenvalue weighted by Crippen LogP contribution is -2.50. The first kappa shape index (κ1) is 20.9. The van der Waals surface area contributed by atoms with Crippen molar-refractivity contribution in [2.45, 2.75) is 51.7 Å². The van der Waals surface area contributed by atoms with Crippen LogP contribution < -0.4 is 5.32 Å². The van der Waals surface area contributed by atoms with Crippen molar-refractivity contribution in [2.75, 3.05) is 26.2 Å². The van der Waals surface area contributed by atoms with Crippen molar-refractivity contribution in [1.82, 2.24) is 30.1 Å². The van der Waals surface area contributed by atoms with E-state index in [1.54, 1.807) is 6.20 Å². The lowest BCUT2D eigenvalue weighted by molar-refractivity contribution is -0.127. The fourth-order valence-corrected chi connectivity index (χ4v) is 4.58. The topological polar surface area (TPSA) is 74.2 Å². The predicted molar refractivity (Wildman–Crippen MR) is 115 cm³/mol. The number of hydrogen-bond acceptors (Lipinski definition) is 6. The largest absolute Gasteiger partial charge is 0.350 e. The molecule has 2 fully saturated rings. The molecule has 0 bridgehead atoms. The Morgan fingerprint density at radius 1 is 1.10 bits per heavy atom. The number of hydrogen-bond donors (Lipinski definition) is 1. The highest BCUT2D eigenvalue weighted by atomic mass is 16.1. The van der Waals surface area contributed by atoms with E-state index >= 15 is 0 Å². The van der Waals surface area contributed by atoms with Gasteiger partial charge in [-0.05, 0) is 64.4 Å². The summed E-state index contributed by atoms with van der Waals surface area (Å²) in [6.45, 7) is 7.52. The van der Waals surface area contributed by atoms with Gasteiger partial charge in [-0.25, -0.2) is 9.97 Å². The summed E-state index contributed by atoms with van der Waals surface area (Å²) < 4.78 is 0. The number of carbonyl (C=O) groups is 1. The molecule has 1 atom stereocenters. The summed E-state index contributed by atoms with van der Waals surface area (Å²) in [5.41, 5.74) is 2.09. The Hall–Kier alpha value is -2.38. The van der Waals surface area contributed by atoms with Gasteiger partial charge in [-0.1, -0.05) is 6.07 Å². The summed E-state index contributed by atoms with van der Waals surface area (Å²) in [7, 11) is 0. The Kier molecular flexibility index (Phi) is 7.02. The van der Waals surface area contributed by atoms with Crippen LogP contribution >= 0.6 is 0 Å². The number of amides is 1. The number of pyridine rings is 1. The van der Waals surface area contributed by atoms with Gasteiger partial charge in [0.2, 0.25) is 5.91 Å². The number of aromatic nitrogens is 3. The maximum Gasteiger partial charge on any atom is 0.224 e. The number of rotatable bonds is 6. The first-order chi connectivity index (χ1) is 14.7. The van der Waals surface area contributed by atoms with E-state index in [4.69, 9.17) is 0 Å². The number of carbonyl (C=O) groups excluding carboxylic acids is 1. The SMILES string of the molecule is Cc1ncc(CN2CCC(N3CCC[C@H](C(=O)NCc4ccccn4)C3)CC2)cn1. The molecule has 0 saturated carbocycles. The molecule has 1 amide bonds. The molecule has 2 aliphatic heterocycles. The van der Waals surface area contributed by atoms with Crippen LogP contribution in [0.25, 0.3) is 0 Å². The molecular formula is C23H32N6O. The van der Waals surface area contributed by atoms with Gasteiger partial charge in [0.05, 0.1) is 18.2 Å². The van der Waals surface area contributed by atoms with Gasteiger partial charge in [0.25, 0.3) is 0 Å². The summed E-state index contributed by atoms with van der Waals surface area (Å²) >= 11 is 0. The molecule has 4 rings (SSSR count). The third kappa shape index (κ3) is 5.61. The smallest absolute Gasteiger partial charge is 0.224 e. The summed E-state index contributed by atoms with van der Waals surface area (Å²) in [5.74, 6) is 1.08. The minimum absolute atomic E-state index is 0.0881. The number of nitrogens with zero attached hydrogens (tertiary/aromatic N) is 5. The van der Waals surface area contributed by atoms with Gasteiger partial charge < -0.3 is 5.32 Å². The van der Waals surface area contributed by atoms with E-state index in [-0.39, 0.29) is 11.8 Å². The molecule has 30 heavy (non-hydrogen) atoms. The Morgan fingerprint density at radius 2 is 1.90 bits per heavy atom. The quantitative estimate of drug-likeness (QED) is 0.790. The Labute approximate surface area is 178 Å². The van der Waals surface area contributed by atoms with Gasteiger partial charge in [0.1, 0.15) is 5.82 Å². The van der Waals surface area contributed by atoms with Crippen LogP contribution in [0.3, 0.4) is 0 Å². The molecule has 160 valence electrons. The molecule has 2 aromatic heterocycles. The molecule has 0 aliphatic carbocycles. The highest BCUT2D eigenvalue weighted by Crippen LogP contribution is 2.24. The first-order valence-electron chi connectivity index (χ1n) is 11.1. The Morgan fingerprint density at radius 3 is 2.63 bits per heavy atom. The molecule has 2 aromatic rings. The third-order valence-corrected chi connectivity index (χ3v) is 6.31. The zero-order valence-corrected chi connectivity index (χ0v) is 17.8. The van der Waals surface area contributed by atoms with Crippen molar-refractivity contribution in [2.24, 2.45) is 5.92 Å². The lowest BCUT2D eigenvalue weighted by atomic mass is 9.93. The van der Waals surface area contributed by atoms with Gasteiger partial charge in [0.15, 0.2) is 0 Å². The molecule has 0 spiro atoms. The van der Waals surface area contributed by atoms with Crippen molar-refractivity contribution in [3.05, 3.63) is 53.9 Å². The van der Waals surface area contributed by atoms with E-state index in [2.05, 4.69) is 30.1 Å². The predicted octanol–water partition coefficient (Wildman–Crippen LogP) is 2.17. The van der Waals surface area contributed by atoms with Crippen molar-refractivity contribution in [1.29, 1.82) is 0 Å². The Bertz CT molecular complexity index is 804. The molecule has 0 aromatic carbocycles. The minimum Gasteiger partial charge on any atom is -0.350 e. The summed E-state index contributed by atoms with van der Waals surface area (Å²) in [6, 6.07) is 6.38. The highest BCUT2D eigenvalue weighted by Gasteiger charge is 2.31. The molecule has 7 heteroatoms. The summed E-state index contributed by atoms with van der Waals surface area (Å²) in [5, 5.41) is 3.08. The normalized spacial score (nSPS) is 21.4. The molecule has 0 unspecified atom stereocenters. The van der Waals surface area contributed by atoms with Gasteiger partial charge in [-0.2, -0.15) is 0 Å². The van der Waals surface area contributed by atoms with Crippen LogP contribution in [-0.4, -0.2) is 62.9 Å². The van der Waals surface area contributed by atoms with E-state index < -0.39 is 0 Å². The zero-order valence-electron chi connectivity index (χ0n) is 17.8. The number of piperidine rings is 2. The molecular weight excluding hydrogens is 376 g/mol. The van der Waals surface area contributed by atoms with Crippen LogP contribution in [0, 0.1) is 12.8 Å². The first-order valence-corrected chi connectivity index (χ1v) is 11.1. The van der Waals surface area contributed by atoms with E-state index in [1.165, 1.54) is 5.56 Å². The highest BCUT2D eigenvalue weighted by molar-refractivity contribution is 5.78. The maximum absolute atomic E-state index is 12.7. The Balaban J connectivity index is 1.23. The monoisotopic (exact) mass is 408 g/mol. The van der Waals surface area contributed by atoms with Crippen LogP contribution in [0.1, 0.15) is 42.8 Å². The second kappa shape index (κ2) is 10.1. The molecule has 7 nitrogen and oxygen atoms in total.